The monoisotopic (exact) mass is 258 g/mol. The van der Waals surface area contributed by atoms with E-state index in [4.69, 9.17) is 4.74 Å². The van der Waals surface area contributed by atoms with Gasteiger partial charge in [0, 0.05) is 19.1 Å². The summed E-state index contributed by atoms with van der Waals surface area (Å²) in [5, 5.41) is 3.30. The van der Waals surface area contributed by atoms with Gasteiger partial charge in [-0.1, -0.05) is 26.7 Å². The van der Waals surface area contributed by atoms with Gasteiger partial charge in [0.1, 0.15) is 6.04 Å². The van der Waals surface area contributed by atoms with Gasteiger partial charge in [0.15, 0.2) is 0 Å². The summed E-state index contributed by atoms with van der Waals surface area (Å²) in [5.74, 6) is -0.144. The van der Waals surface area contributed by atoms with Crippen molar-refractivity contribution >= 4 is 5.97 Å². The van der Waals surface area contributed by atoms with Crippen LogP contribution in [0.5, 0.6) is 0 Å². The van der Waals surface area contributed by atoms with Crippen molar-refractivity contribution in [3.63, 3.8) is 0 Å². The molecule has 1 N–H and O–H groups in total. The zero-order valence-electron chi connectivity index (χ0n) is 12.7. The van der Waals surface area contributed by atoms with E-state index in [2.05, 4.69) is 38.0 Å². The van der Waals surface area contributed by atoms with E-state index in [1.165, 1.54) is 7.11 Å². The van der Waals surface area contributed by atoms with E-state index in [1.807, 2.05) is 0 Å². The Balaban J connectivity index is 3.99. The molecule has 0 saturated heterocycles. The highest BCUT2D eigenvalue weighted by Crippen LogP contribution is 2.03. The smallest absolute Gasteiger partial charge is 0.322 e. The molecular weight excluding hydrogens is 228 g/mol. The fraction of sp³-hybridized carbons (Fsp3) is 0.929. The number of hydrogen-bond donors (Lipinski definition) is 1. The molecule has 18 heavy (non-hydrogen) atoms. The highest BCUT2D eigenvalue weighted by Gasteiger charge is 2.17. The normalized spacial score (nSPS) is 14.6. The molecule has 0 radical (unpaired) electrons. The molecule has 0 saturated carbocycles. The second-order valence-electron chi connectivity index (χ2n) is 4.91. The Morgan fingerprint density at radius 3 is 2.56 bits per heavy atom. The molecule has 0 heterocycles. The molecule has 0 spiro atoms. The fourth-order valence-electron chi connectivity index (χ4n) is 1.80. The van der Waals surface area contributed by atoms with Gasteiger partial charge in [-0.05, 0) is 26.8 Å². The first-order valence-corrected chi connectivity index (χ1v) is 7.08. The van der Waals surface area contributed by atoms with Crippen molar-refractivity contribution in [3.05, 3.63) is 0 Å². The molecule has 0 aliphatic heterocycles. The maximum Gasteiger partial charge on any atom is 0.322 e. The molecule has 0 aliphatic carbocycles. The lowest BCUT2D eigenvalue weighted by Gasteiger charge is -2.24. The maximum absolute atomic E-state index is 11.6. The lowest BCUT2D eigenvalue weighted by molar-refractivity contribution is -0.143. The number of carbonyl (C=O) groups excluding carboxylic acids is 1. The van der Waals surface area contributed by atoms with Gasteiger partial charge in [-0.2, -0.15) is 0 Å². The molecule has 0 aromatic rings. The van der Waals surface area contributed by atoms with E-state index in [0.29, 0.717) is 6.04 Å². The van der Waals surface area contributed by atoms with E-state index in [-0.39, 0.29) is 12.0 Å². The minimum Gasteiger partial charge on any atom is -0.468 e. The molecule has 2 atom stereocenters. The molecule has 4 heteroatoms. The number of hydrogen-bond acceptors (Lipinski definition) is 4. The van der Waals surface area contributed by atoms with E-state index in [9.17, 15) is 4.79 Å². The summed E-state index contributed by atoms with van der Waals surface area (Å²) in [7, 11) is 3.57. The minimum atomic E-state index is -0.153. The Morgan fingerprint density at radius 1 is 1.39 bits per heavy atom. The molecule has 0 aliphatic rings. The lowest BCUT2D eigenvalue weighted by Crippen LogP contribution is -2.42. The quantitative estimate of drug-likeness (QED) is 0.609. The van der Waals surface area contributed by atoms with E-state index in [1.54, 1.807) is 0 Å². The standard InChI is InChI=1S/C14H30N2O2/c1-6-8-9-13(14(17)18-5)15-10-11-16(4)12(3)7-2/h12-13,15H,6-11H2,1-5H3. The van der Waals surface area contributed by atoms with Crippen LogP contribution in [0.2, 0.25) is 0 Å². The van der Waals surface area contributed by atoms with Crippen LogP contribution in [-0.2, 0) is 9.53 Å². The van der Waals surface area contributed by atoms with Crippen LogP contribution in [0.1, 0.15) is 46.5 Å². The van der Waals surface area contributed by atoms with Crippen LogP contribution in [-0.4, -0.2) is 50.2 Å². The molecule has 4 nitrogen and oxygen atoms in total. The van der Waals surface area contributed by atoms with Crippen LogP contribution in [0.25, 0.3) is 0 Å². The number of methoxy groups -OCH3 is 1. The summed E-state index contributed by atoms with van der Waals surface area (Å²) in [6.45, 7) is 8.31. The third-order valence-electron chi connectivity index (χ3n) is 3.53. The predicted octanol–water partition coefficient (Wildman–Crippen LogP) is 2.04. The van der Waals surface area contributed by atoms with Crippen molar-refractivity contribution in [1.82, 2.24) is 10.2 Å². The maximum atomic E-state index is 11.6. The minimum absolute atomic E-state index is 0.144. The molecule has 0 amide bonds. The van der Waals surface area contributed by atoms with Crippen LogP contribution < -0.4 is 5.32 Å². The van der Waals surface area contributed by atoms with Gasteiger partial charge in [-0.3, -0.25) is 4.79 Å². The van der Waals surface area contributed by atoms with Crippen molar-refractivity contribution in [1.29, 1.82) is 0 Å². The molecule has 0 aromatic heterocycles. The van der Waals surface area contributed by atoms with Crippen molar-refractivity contribution in [2.75, 3.05) is 27.2 Å². The number of nitrogens with zero attached hydrogens (tertiary/aromatic N) is 1. The van der Waals surface area contributed by atoms with Crippen LogP contribution in [0.4, 0.5) is 0 Å². The van der Waals surface area contributed by atoms with Gasteiger partial charge in [-0.15, -0.1) is 0 Å². The van der Waals surface area contributed by atoms with Crippen LogP contribution in [0.15, 0.2) is 0 Å². The number of rotatable bonds is 10. The van der Waals surface area contributed by atoms with E-state index < -0.39 is 0 Å². The highest BCUT2D eigenvalue weighted by atomic mass is 16.5. The van der Waals surface area contributed by atoms with Crippen LogP contribution in [0.3, 0.4) is 0 Å². The van der Waals surface area contributed by atoms with Gasteiger partial charge in [0.05, 0.1) is 7.11 Å². The zero-order chi connectivity index (χ0) is 14.0. The fourth-order valence-corrected chi connectivity index (χ4v) is 1.80. The average Bonchev–Trinajstić information content (AvgIpc) is 2.40. The number of unbranched alkanes of at least 4 members (excludes halogenated alkanes) is 1. The van der Waals surface area contributed by atoms with E-state index in [0.717, 1.165) is 38.8 Å². The summed E-state index contributed by atoms with van der Waals surface area (Å²) < 4.78 is 4.82. The van der Waals surface area contributed by atoms with Crippen molar-refractivity contribution < 1.29 is 9.53 Å². The number of ether oxygens (including phenoxy) is 1. The van der Waals surface area contributed by atoms with Crippen molar-refractivity contribution in [3.8, 4) is 0 Å². The average molecular weight is 258 g/mol. The predicted molar refractivity (Wildman–Crippen MR) is 75.7 cm³/mol. The molecule has 0 bridgehead atoms. The van der Waals surface area contributed by atoms with Crippen molar-refractivity contribution in [2.45, 2.75) is 58.5 Å². The molecule has 0 rings (SSSR count). The first kappa shape index (κ1) is 17.4. The number of likely N-dealkylation sites (N-methyl/N-ethyl adjacent to an activating group) is 1. The Kier molecular flexibility index (Phi) is 9.98. The number of nitrogens with one attached hydrogen (secondary N) is 1. The van der Waals surface area contributed by atoms with Crippen LogP contribution in [0, 0.1) is 0 Å². The third-order valence-corrected chi connectivity index (χ3v) is 3.53. The Labute approximate surface area is 112 Å². The van der Waals surface area contributed by atoms with Gasteiger partial charge in [-0.25, -0.2) is 0 Å². The molecule has 108 valence electrons. The second-order valence-corrected chi connectivity index (χ2v) is 4.91. The van der Waals surface area contributed by atoms with Crippen molar-refractivity contribution in [2.24, 2.45) is 0 Å². The molecule has 0 fully saturated rings. The Bertz CT molecular complexity index is 222. The lowest BCUT2D eigenvalue weighted by atomic mass is 10.1. The summed E-state index contributed by atoms with van der Waals surface area (Å²) in [6.07, 6.45) is 4.15. The van der Waals surface area contributed by atoms with Gasteiger partial charge in [0.25, 0.3) is 0 Å². The molecular formula is C14H30N2O2. The highest BCUT2D eigenvalue weighted by molar-refractivity contribution is 5.75. The molecule has 2 unspecified atom stereocenters. The molecule has 0 aromatic carbocycles. The first-order chi connectivity index (χ1) is 8.56. The number of esters is 1. The number of carbonyl (C=O) groups is 1. The summed E-state index contributed by atoms with van der Waals surface area (Å²) in [4.78, 5) is 13.9. The topological polar surface area (TPSA) is 41.6 Å². The van der Waals surface area contributed by atoms with Gasteiger partial charge in [0.2, 0.25) is 0 Å². The van der Waals surface area contributed by atoms with Gasteiger partial charge >= 0.3 is 5.97 Å². The Hall–Kier alpha value is -0.610. The Morgan fingerprint density at radius 2 is 2.06 bits per heavy atom. The summed E-state index contributed by atoms with van der Waals surface area (Å²) >= 11 is 0. The van der Waals surface area contributed by atoms with Gasteiger partial charge < -0.3 is 15.0 Å². The third kappa shape index (κ3) is 6.97. The van der Waals surface area contributed by atoms with Crippen LogP contribution >= 0.6 is 0 Å². The largest absolute Gasteiger partial charge is 0.468 e. The first-order valence-electron chi connectivity index (χ1n) is 7.08. The second kappa shape index (κ2) is 10.3. The SMILES string of the molecule is CCCCC(NCCN(C)C(C)CC)C(=O)OC. The summed E-state index contributed by atoms with van der Waals surface area (Å²) in [5.41, 5.74) is 0. The summed E-state index contributed by atoms with van der Waals surface area (Å²) in [6, 6.07) is 0.430. The zero-order valence-corrected chi connectivity index (χ0v) is 12.7. The van der Waals surface area contributed by atoms with E-state index >= 15 is 0 Å².